The molecule has 23 heavy (non-hydrogen) atoms. The molecule has 0 aromatic rings. The molecular weight excluding hydrogens is 296 g/mol. The van der Waals surface area contributed by atoms with Crippen molar-refractivity contribution in [2.45, 2.75) is 78.0 Å². The fraction of sp³-hybridized carbons (Fsp3) is 0.824. The van der Waals surface area contributed by atoms with Crippen molar-refractivity contribution in [1.29, 1.82) is 0 Å². The van der Waals surface area contributed by atoms with E-state index in [0.717, 1.165) is 31.4 Å². The predicted octanol–water partition coefficient (Wildman–Crippen LogP) is 3.09. The summed E-state index contributed by atoms with van der Waals surface area (Å²) in [4.78, 5) is 28.5. The first kappa shape index (κ1) is 19.5. The number of aliphatic imine (C=N–C) groups is 1. The second-order valence-electron chi connectivity index (χ2n) is 7.28. The minimum atomic E-state index is -0.539. The molecule has 0 aromatic heterocycles. The molecular formula is C17H30N2O4. The predicted molar refractivity (Wildman–Crippen MR) is 89.7 cm³/mol. The van der Waals surface area contributed by atoms with Gasteiger partial charge in [-0.2, -0.15) is 0 Å². The van der Waals surface area contributed by atoms with Crippen LogP contribution in [0.25, 0.3) is 0 Å². The summed E-state index contributed by atoms with van der Waals surface area (Å²) >= 11 is 0. The Morgan fingerprint density at radius 1 is 1.26 bits per heavy atom. The molecule has 132 valence electrons. The third-order valence-electron chi connectivity index (χ3n) is 3.65. The summed E-state index contributed by atoms with van der Waals surface area (Å²) in [7, 11) is 1.37. The van der Waals surface area contributed by atoms with Gasteiger partial charge in [-0.05, 0) is 46.0 Å². The van der Waals surface area contributed by atoms with Gasteiger partial charge in [0.15, 0.2) is 0 Å². The van der Waals surface area contributed by atoms with E-state index in [1.807, 2.05) is 34.6 Å². The number of alkyl carbamates (subject to hydrolysis) is 1. The standard InChI is InChI=1S/C17H30N2O4/c1-11(2)14(15(20)22-6)18-12-9-7-8-10-13(12)19-16(21)23-17(3,4)5/h11,13-14H,7-10H2,1-6H3,(H,19,21)/t13-,14-/m0/s1. The average Bonchev–Trinajstić information content (AvgIpc) is 2.43. The molecule has 1 fully saturated rings. The molecule has 6 nitrogen and oxygen atoms in total. The van der Waals surface area contributed by atoms with E-state index in [0.29, 0.717) is 0 Å². The fourth-order valence-electron chi connectivity index (χ4n) is 2.53. The molecule has 2 atom stereocenters. The highest BCUT2D eigenvalue weighted by Crippen LogP contribution is 2.20. The number of carbonyl (C=O) groups excluding carboxylic acids is 2. The zero-order valence-electron chi connectivity index (χ0n) is 15.1. The van der Waals surface area contributed by atoms with Crippen LogP contribution in [0.4, 0.5) is 4.79 Å². The Bertz CT molecular complexity index is 452. The molecule has 0 bridgehead atoms. The van der Waals surface area contributed by atoms with Crippen molar-refractivity contribution in [3.8, 4) is 0 Å². The Morgan fingerprint density at radius 3 is 2.43 bits per heavy atom. The maximum absolute atomic E-state index is 12.0. The topological polar surface area (TPSA) is 77.0 Å². The molecule has 1 aliphatic rings. The molecule has 0 radical (unpaired) electrons. The van der Waals surface area contributed by atoms with Crippen LogP contribution < -0.4 is 5.32 Å². The van der Waals surface area contributed by atoms with E-state index in [2.05, 4.69) is 10.3 Å². The lowest BCUT2D eigenvalue weighted by atomic mass is 9.92. The van der Waals surface area contributed by atoms with Crippen LogP contribution >= 0.6 is 0 Å². The van der Waals surface area contributed by atoms with E-state index < -0.39 is 17.7 Å². The van der Waals surface area contributed by atoms with Crippen molar-refractivity contribution in [3.05, 3.63) is 0 Å². The van der Waals surface area contributed by atoms with Gasteiger partial charge < -0.3 is 14.8 Å². The lowest BCUT2D eigenvalue weighted by molar-refractivity contribution is -0.143. The minimum Gasteiger partial charge on any atom is -0.467 e. The average molecular weight is 326 g/mol. The van der Waals surface area contributed by atoms with Crippen molar-refractivity contribution in [3.63, 3.8) is 0 Å². The second kappa shape index (κ2) is 8.31. The number of hydrogen-bond donors (Lipinski definition) is 1. The van der Waals surface area contributed by atoms with Gasteiger partial charge in [-0.25, -0.2) is 9.59 Å². The van der Waals surface area contributed by atoms with E-state index >= 15 is 0 Å². The van der Waals surface area contributed by atoms with E-state index in [9.17, 15) is 9.59 Å². The normalized spacial score (nSPS) is 21.9. The first-order chi connectivity index (χ1) is 10.6. The molecule has 1 rings (SSSR count). The van der Waals surface area contributed by atoms with Gasteiger partial charge in [-0.3, -0.25) is 4.99 Å². The van der Waals surface area contributed by atoms with Gasteiger partial charge in [0.1, 0.15) is 11.6 Å². The summed E-state index contributed by atoms with van der Waals surface area (Å²) < 4.78 is 10.2. The maximum atomic E-state index is 12.0. The molecule has 0 heterocycles. The molecule has 1 aliphatic carbocycles. The monoisotopic (exact) mass is 326 g/mol. The first-order valence-electron chi connectivity index (χ1n) is 8.28. The van der Waals surface area contributed by atoms with Crippen LogP contribution in [0.15, 0.2) is 4.99 Å². The van der Waals surface area contributed by atoms with Crippen LogP contribution in [0.2, 0.25) is 0 Å². The lowest BCUT2D eigenvalue weighted by Crippen LogP contribution is -2.45. The molecule has 0 spiro atoms. The Morgan fingerprint density at radius 2 is 1.91 bits per heavy atom. The smallest absolute Gasteiger partial charge is 0.408 e. The Hall–Kier alpha value is -1.59. The number of methoxy groups -OCH3 is 1. The van der Waals surface area contributed by atoms with Crippen LogP contribution in [0.1, 0.15) is 60.3 Å². The van der Waals surface area contributed by atoms with Crippen molar-refractivity contribution < 1.29 is 19.1 Å². The van der Waals surface area contributed by atoms with Crippen molar-refractivity contribution >= 4 is 17.8 Å². The summed E-state index contributed by atoms with van der Waals surface area (Å²) in [6.07, 6.45) is 3.17. The number of hydrogen-bond acceptors (Lipinski definition) is 5. The van der Waals surface area contributed by atoms with Crippen LogP contribution in [-0.2, 0) is 14.3 Å². The number of esters is 1. The fourth-order valence-corrected chi connectivity index (χ4v) is 2.53. The van der Waals surface area contributed by atoms with E-state index in [1.165, 1.54) is 7.11 Å². The van der Waals surface area contributed by atoms with Crippen molar-refractivity contribution in [2.75, 3.05) is 7.11 Å². The Balaban J connectivity index is 2.86. The summed E-state index contributed by atoms with van der Waals surface area (Å²) in [5, 5.41) is 2.88. The van der Waals surface area contributed by atoms with E-state index in [-0.39, 0.29) is 17.9 Å². The maximum Gasteiger partial charge on any atom is 0.408 e. The molecule has 0 saturated heterocycles. The molecule has 0 unspecified atom stereocenters. The van der Waals surface area contributed by atoms with Gasteiger partial charge >= 0.3 is 12.1 Å². The number of amides is 1. The SMILES string of the molecule is COC(=O)[C@@H](N=C1CCCC[C@@H]1NC(=O)OC(C)(C)C)C(C)C. The highest BCUT2D eigenvalue weighted by atomic mass is 16.6. The molecule has 1 saturated carbocycles. The number of ether oxygens (including phenoxy) is 2. The number of nitrogens with zero attached hydrogens (tertiary/aromatic N) is 1. The highest BCUT2D eigenvalue weighted by Gasteiger charge is 2.28. The zero-order valence-corrected chi connectivity index (χ0v) is 15.1. The number of carbonyl (C=O) groups is 2. The van der Waals surface area contributed by atoms with Crippen LogP contribution in [-0.4, -0.2) is 42.6 Å². The molecule has 6 heteroatoms. The van der Waals surface area contributed by atoms with Gasteiger partial charge in [-0.1, -0.05) is 20.3 Å². The van der Waals surface area contributed by atoms with Crippen molar-refractivity contribution in [2.24, 2.45) is 10.9 Å². The van der Waals surface area contributed by atoms with Crippen LogP contribution in [0, 0.1) is 5.92 Å². The second-order valence-corrected chi connectivity index (χ2v) is 7.28. The van der Waals surface area contributed by atoms with Crippen molar-refractivity contribution in [1.82, 2.24) is 5.32 Å². The van der Waals surface area contributed by atoms with Gasteiger partial charge in [0.05, 0.1) is 13.2 Å². The number of rotatable bonds is 4. The summed E-state index contributed by atoms with van der Waals surface area (Å²) in [5.41, 5.74) is 0.314. The van der Waals surface area contributed by atoms with Crippen LogP contribution in [0.5, 0.6) is 0 Å². The minimum absolute atomic E-state index is 0.0408. The highest BCUT2D eigenvalue weighted by molar-refractivity contribution is 5.94. The molecule has 1 N–H and O–H groups in total. The Labute approximate surface area is 139 Å². The Kier molecular flexibility index (Phi) is 7.03. The molecule has 0 aromatic carbocycles. The summed E-state index contributed by atoms with van der Waals surface area (Å²) in [6, 6.07) is -0.708. The molecule has 0 aliphatic heterocycles. The van der Waals surface area contributed by atoms with E-state index in [4.69, 9.17) is 9.47 Å². The lowest BCUT2D eigenvalue weighted by Gasteiger charge is -2.28. The van der Waals surface area contributed by atoms with Gasteiger partial charge in [0.25, 0.3) is 0 Å². The summed E-state index contributed by atoms with van der Waals surface area (Å²) in [5.74, 6) is -0.298. The number of nitrogens with one attached hydrogen (secondary N) is 1. The molecule has 1 amide bonds. The largest absolute Gasteiger partial charge is 0.467 e. The van der Waals surface area contributed by atoms with Crippen LogP contribution in [0.3, 0.4) is 0 Å². The summed E-state index contributed by atoms with van der Waals surface area (Å²) in [6.45, 7) is 9.35. The quantitative estimate of drug-likeness (QED) is 0.805. The third-order valence-corrected chi connectivity index (χ3v) is 3.65. The van der Waals surface area contributed by atoms with E-state index in [1.54, 1.807) is 0 Å². The zero-order chi connectivity index (χ0) is 17.6. The van der Waals surface area contributed by atoms with Gasteiger partial charge in [-0.15, -0.1) is 0 Å². The first-order valence-corrected chi connectivity index (χ1v) is 8.28. The van der Waals surface area contributed by atoms with Gasteiger partial charge in [0, 0.05) is 5.71 Å². The third kappa shape index (κ3) is 6.59. The van der Waals surface area contributed by atoms with Gasteiger partial charge in [0.2, 0.25) is 0 Å².